The van der Waals surface area contributed by atoms with E-state index in [4.69, 9.17) is 0 Å². The SMILES string of the molecule is Cn1c(Nc2nc3ccc(OC(F)(F)F)cc3s2)nc2cc(C(O)NCC(=O)N3CCC(O)CC3)ccc21. The number of aryl methyl sites for hydroxylation is 1. The van der Waals surface area contributed by atoms with Crippen LogP contribution in [0, 0.1) is 0 Å². The van der Waals surface area contributed by atoms with Gasteiger partial charge >= 0.3 is 6.36 Å². The Bertz CT molecular complexity index is 1460. The summed E-state index contributed by atoms with van der Waals surface area (Å²) in [5.41, 5.74) is 2.40. The zero-order chi connectivity index (χ0) is 27.0. The number of halogens is 3. The first-order chi connectivity index (χ1) is 18.1. The number of amides is 1. The third kappa shape index (κ3) is 5.83. The minimum atomic E-state index is -4.78. The maximum Gasteiger partial charge on any atom is 0.573 e. The fourth-order valence-electron chi connectivity index (χ4n) is 4.28. The fourth-order valence-corrected chi connectivity index (χ4v) is 5.17. The number of nitrogens with one attached hydrogen (secondary N) is 2. The van der Waals surface area contributed by atoms with Crippen LogP contribution in [0.5, 0.6) is 5.75 Å². The van der Waals surface area contributed by atoms with Gasteiger partial charge in [-0.15, -0.1) is 13.2 Å². The lowest BCUT2D eigenvalue weighted by Gasteiger charge is -2.30. The van der Waals surface area contributed by atoms with Crippen molar-refractivity contribution in [3.05, 3.63) is 42.0 Å². The maximum absolute atomic E-state index is 12.5. The molecule has 1 atom stereocenters. The van der Waals surface area contributed by atoms with Crippen molar-refractivity contribution in [1.29, 1.82) is 0 Å². The predicted octanol–water partition coefficient (Wildman–Crippen LogP) is 3.39. The van der Waals surface area contributed by atoms with Crippen molar-refractivity contribution in [2.24, 2.45) is 7.05 Å². The van der Waals surface area contributed by atoms with Gasteiger partial charge in [-0.05, 0) is 42.7 Å². The Morgan fingerprint density at radius 1 is 1.18 bits per heavy atom. The number of thiazole rings is 1. The lowest BCUT2D eigenvalue weighted by Crippen LogP contribution is -2.44. The molecule has 1 saturated heterocycles. The summed E-state index contributed by atoms with van der Waals surface area (Å²) in [6, 6.07) is 9.17. The summed E-state index contributed by atoms with van der Waals surface area (Å²) >= 11 is 1.16. The van der Waals surface area contributed by atoms with Crippen LogP contribution in [0.15, 0.2) is 36.4 Å². The number of aromatic nitrogens is 3. The highest BCUT2D eigenvalue weighted by molar-refractivity contribution is 7.22. The lowest BCUT2D eigenvalue weighted by molar-refractivity contribution is -0.274. The van der Waals surface area contributed by atoms with Crippen LogP contribution in [-0.2, 0) is 11.8 Å². The van der Waals surface area contributed by atoms with E-state index in [1.54, 1.807) is 34.7 Å². The summed E-state index contributed by atoms with van der Waals surface area (Å²) in [4.78, 5) is 23.0. The van der Waals surface area contributed by atoms with Crippen LogP contribution in [0.4, 0.5) is 24.3 Å². The van der Waals surface area contributed by atoms with Crippen molar-refractivity contribution < 1.29 is 32.9 Å². The molecule has 5 rings (SSSR count). The number of benzene rings is 2. The van der Waals surface area contributed by atoms with Gasteiger partial charge in [0.05, 0.1) is 33.9 Å². The van der Waals surface area contributed by atoms with Gasteiger partial charge in [-0.2, -0.15) is 0 Å². The van der Waals surface area contributed by atoms with Crippen LogP contribution in [-0.4, -0.2) is 67.7 Å². The molecule has 1 fully saturated rings. The van der Waals surface area contributed by atoms with Crippen molar-refractivity contribution in [2.75, 3.05) is 25.0 Å². The molecule has 4 N–H and O–H groups in total. The van der Waals surface area contributed by atoms with Gasteiger partial charge in [-0.1, -0.05) is 17.4 Å². The summed E-state index contributed by atoms with van der Waals surface area (Å²) in [6.45, 7) is 0.937. The summed E-state index contributed by atoms with van der Waals surface area (Å²) in [5, 5.41) is 26.6. The van der Waals surface area contributed by atoms with Crippen molar-refractivity contribution in [3.8, 4) is 5.75 Å². The average Bonchev–Trinajstić information content (AvgIpc) is 3.41. The molecule has 0 radical (unpaired) electrons. The van der Waals surface area contributed by atoms with Crippen LogP contribution in [0.25, 0.3) is 21.3 Å². The molecule has 1 aliphatic rings. The second-order valence-electron chi connectivity index (χ2n) is 8.96. The van der Waals surface area contributed by atoms with E-state index in [1.165, 1.54) is 18.2 Å². The number of imidazole rings is 1. The number of anilines is 2. The fraction of sp³-hybridized carbons (Fsp3) is 0.375. The van der Waals surface area contributed by atoms with Gasteiger partial charge in [0.25, 0.3) is 0 Å². The first-order valence-electron chi connectivity index (χ1n) is 11.8. The number of carbonyl (C=O) groups is 1. The molecule has 1 aliphatic heterocycles. The largest absolute Gasteiger partial charge is 0.573 e. The van der Waals surface area contributed by atoms with E-state index >= 15 is 0 Å². The lowest BCUT2D eigenvalue weighted by atomic mass is 10.1. The maximum atomic E-state index is 12.5. The van der Waals surface area contributed by atoms with Crippen molar-refractivity contribution in [3.63, 3.8) is 0 Å². The molecule has 38 heavy (non-hydrogen) atoms. The molecule has 2 aromatic heterocycles. The van der Waals surface area contributed by atoms with Crippen molar-refractivity contribution in [1.82, 2.24) is 24.8 Å². The monoisotopic (exact) mass is 550 g/mol. The van der Waals surface area contributed by atoms with Gasteiger partial charge in [-0.25, -0.2) is 9.97 Å². The molecule has 2 aromatic carbocycles. The number of nitrogens with zero attached hydrogens (tertiary/aromatic N) is 4. The Labute approximate surface area is 218 Å². The molecule has 0 spiro atoms. The van der Waals surface area contributed by atoms with Crippen LogP contribution < -0.4 is 15.4 Å². The molecule has 1 amide bonds. The Kier molecular flexibility index (Phi) is 7.13. The molecule has 10 nitrogen and oxygen atoms in total. The number of piperidine rings is 1. The number of carbonyl (C=O) groups excluding carboxylic acids is 1. The van der Waals surface area contributed by atoms with Crippen LogP contribution in [0.2, 0.25) is 0 Å². The summed E-state index contributed by atoms with van der Waals surface area (Å²) < 4.78 is 43.9. The number of aliphatic hydroxyl groups is 2. The average molecular weight is 551 g/mol. The smallest absolute Gasteiger partial charge is 0.406 e. The third-order valence-electron chi connectivity index (χ3n) is 6.30. The second-order valence-corrected chi connectivity index (χ2v) is 9.99. The molecule has 0 bridgehead atoms. The molecular formula is C24H25F3N6O4S. The Morgan fingerprint density at radius 2 is 1.95 bits per heavy atom. The van der Waals surface area contributed by atoms with E-state index in [1.807, 2.05) is 0 Å². The molecule has 4 aromatic rings. The number of alkyl halides is 3. The van der Waals surface area contributed by atoms with E-state index in [2.05, 4.69) is 25.3 Å². The van der Waals surface area contributed by atoms with Gasteiger partial charge in [0.15, 0.2) is 5.13 Å². The van der Waals surface area contributed by atoms with Gasteiger partial charge < -0.3 is 29.7 Å². The van der Waals surface area contributed by atoms with E-state index in [0.29, 0.717) is 58.3 Å². The quantitative estimate of drug-likeness (QED) is 0.258. The number of ether oxygens (including phenoxy) is 1. The first kappa shape index (κ1) is 26.2. The number of rotatable bonds is 7. The molecular weight excluding hydrogens is 525 g/mol. The van der Waals surface area contributed by atoms with Crippen LogP contribution in [0.1, 0.15) is 24.6 Å². The molecule has 14 heteroatoms. The minimum absolute atomic E-state index is 0.0440. The first-order valence-corrected chi connectivity index (χ1v) is 12.6. The zero-order valence-corrected chi connectivity index (χ0v) is 21.0. The highest BCUT2D eigenvalue weighted by Crippen LogP contribution is 2.33. The standard InChI is InChI=1S/C24H25F3N6O4S/c1-32-18-5-2-13(21(36)28-12-20(35)33-8-6-14(34)7-9-33)10-17(18)29-22(32)31-23-30-16-4-3-15(11-19(16)38-23)37-24(25,26)27/h2-5,10-11,14,21,28,34,36H,6-9,12H2,1H3,(H,29,30,31). The van der Waals surface area contributed by atoms with Gasteiger partial charge in [-0.3, -0.25) is 10.1 Å². The highest BCUT2D eigenvalue weighted by Gasteiger charge is 2.31. The van der Waals surface area contributed by atoms with E-state index in [9.17, 15) is 28.2 Å². The number of likely N-dealkylation sites (tertiary alicyclic amines) is 1. The predicted molar refractivity (Wildman–Crippen MR) is 135 cm³/mol. The number of hydrogen-bond donors (Lipinski definition) is 4. The number of hydrogen-bond acceptors (Lipinski definition) is 9. The van der Waals surface area contributed by atoms with Crippen LogP contribution in [0.3, 0.4) is 0 Å². The van der Waals surface area contributed by atoms with Gasteiger partial charge in [0.2, 0.25) is 11.9 Å². The summed E-state index contributed by atoms with van der Waals surface area (Å²) in [7, 11) is 1.79. The van der Waals surface area contributed by atoms with Crippen molar-refractivity contribution >= 4 is 49.6 Å². The van der Waals surface area contributed by atoms with E-state index in [-0.39, 0.29) is 24.3 Å². The summed E-state index contributed by atoms with van der Waals surface area (Å²) in [6.07, 6.45) is -5.14. The Morgan fingerprint density at radius 3 is 2.68 bits per heavy atom. The Balaban J connectivity index is 1.27. The molecule has 0 saturated carbocycles. The number of aliphatic hydroxyl groups excluding tert-OH is 2. The zero-order valence-electron chi connectivity index (χ0n) is 20.2. The molecule has 0 aliphatic carbocycles. The summed E-state index contributed by atoms with van der Waals surface area (Å²) in [5.74, 6) is -0.0128. The molecule has 202 valence electrons. The molecule has 1 unspecified atom stereocenters. The van der Waals surface area contributed by atoms with Crippen LogP contribution >= 0.6 is 11.3 Å². The normalized spacial score (nSPS) is 15.8. The molecule has 3 heterocycles. The van der Waals surface area contributed by atoms with E-state index in [0.717, 1.165) is 16.9 Å². The second kappa shape index (κ2) is 10.4. The van der Waals surface area contributed by atoms with Gasteiger partial charge in [0, 0.05) is 26.2 Å². The van der Waals surface area contributed by atoms with Crippen molar-refractivity contribution in [2.45, 2.75) is 31.5 Å². The minimum Gasteiger partial charge on any atom is -0.406 e. The Hall–Kier alpha value is -3.46. The highest BCUT2D eigenvalue weighted by atomic mass is 32.1. The van der Waals surface area contributed by atoms with Gasteiger partial charge in [0.1, 0.15) is 12.0 Å². The number of fused-ring (bicyclic) bond motifs is 2. The third-order valence-corrected chi connectivity index (χ3v) is 7.23. The van der Waals surface area contributed by atoms with E-state index < -0.39 is 12.6 Å². The topological polar surface area (TPSA) is 125 Å².